The summed E-state index contributed by atoms with van der Waals surface area (Å²) in [5.74, 6) is 0.961. The molecule has 50 heavy (non-hydrogen) atoms. The zero-order chi connectivity index (χ0) is 36.0. The van der Waals surface area contributed by atoms with Crippen molar-refractivity contribution in [3.63, 3.8) is 0 Å². The van der Waals surface area contributed by atoms with Gasteiger partial charge in [-0.3, -0.25) is 4.90 Å². The van der Waals surface area contributed by atoms with E-state index < -0.39 is 35.6 Å². The molecular weight excluding hydrogens is 692 g/mol. The second-order valence-corrected chi connectivity index (χ2v) is 13.2. The maximum atomic E-state index is 13.8. The first-order valence-corrected chi connectivity index (χ1v) is 16.6. The van der Waals surface area contributed by atoms with Gasteiger partial charge in [0.15, 0.2) is 5.82 Å². The molecule has 2 atom stereocenters. The summed E-state index contributed by atoms with van der Waals surface area (Å²) in [6.45, 7) is 3.85. The van der Waals surface area contributed by atoms with Crippen molar-refractivity contribution in [1.82, 2.24) is 24.8 Å². The molecule has 3 aliphatic rings. The van der Waals surface area contributed by atoms with Gasteiger partial charge in [-0.1, -0.05) is 18.5 Å². The third-order valence-electron chi connectivity index (χ3n) is 9.45. The normalized spacial score (nSPS) is 20.7. The topological polar surface area (TPSA) is 105 Å². The molecule has 0 saturated carbocycles. The van der Waals surface area contributed by atoms with Crippen LogP contribution in [0, 0.1) is 0 Å². The lowest BCUT2D eigenvalue weighted by Gasteiger charge is -2.32. The van der Waals surface area contributed by atoms with Crippen LogP contribution in [0.5, 0.6) is 0 Å². The van der Waals surface area contributed by atoms with E-state index >= 15 is 0 Å². The van der Waals surface area contributed by atoms with Gasteiger partial charge >= 0.3 is 18.4 Å². The third-order valence-corrected chi connectivity index (χ3v) is 9.71. The van der Waals surface area contributed by atoms with E-state index in [1.54, 1.807) is 11.9 Å². The number of piperidine rings is 1. The molecule has 3 aliphatic heterocycles. The summed E-state index contributed by atoms with van der Waals surface area (Å²) in [6, 6.07) is 0.626. The number of aliphatic hydroxyl groups excluding tert-OH is 1. The van der Waals surface area contributed by atoms with E-state index in [0.29, 0.717) is 81.4 Å². The second kappa shape index (κ2) is 13.9. The Morgan fingerprint density at radius 3 is 2.14 bits per heavy atom. The highest BCUT2D eigenvalue weighted by atomic mass is 35.5. The number of likely N-dealkylation sites (N-methyl/N-ethyl adjacent to an activating group) is 1. The van der Waals surface area contributed by atoms with E-state index in [-0.39, 0.29) is 47.8 Å². The fourth-order valence-electron chi connectivity index (χ4n) is 6.69. The number of amides is 2. The molecule has 6 rings (SSSR count). The van der Waals surface area contributed by atoms with E-state index in [1.165, 1.54) is 28.4 Å². The molecule has 3 saturated heterocycles. The zero-order valence-electron chi connectivity index (χ0n) is 27.3. The predicted molar refractivity (Wildman–Crippen MR) is 174 cm³/mol. The molecule has 5 heterocycles. The van der Waals surface area contributed by atoms with Gasteiger partial charge in [-0.15, -0.1) is 0 Å². The largest absolute Gasteiger partial charge is 0.416 e. The summed E-state index contributed by atoms with van der Waals surface area (Å²) < 4.78 is 82.9. The van der Waals surface area contributed by atoms with Crippen LogP contribution in [-0.2, 0) is 18.9 Å². The summed E-state index contributed by atoms with van der Waals surface area (Å²) in [7, 11) is 1.66. The number of carbonyl (C=O) groups is 1. The van der Waals surface area contributed by atoms with Crippen molar-refractivity contribution in [3.8, 4) is 0 Å². The Morgan fingerprint density at radius 1 is 0.940 bits per heavy atom. The number of benzene rings is 1. The molecule has 2 aromatic heterocycles. The molecule has 18 heteroatoms. The highest BCUT2D eigenvalue weighted by Gasteiger charge is 2.40. The molecule has 2 amide bonds. The van der Waals surface area contributed by atoms with Crippen molar-refractivity contribution >= 4 is 41.0 Å². The number of halogens is 7. The lowest BCUT2D eigenvalue weighted by Crippen LogP contribution is -2.39. The van der Waals surface area contributed by atoms with Crippen molar-refractivity contribution in [2.45, 2.75) is 69.7 Å². The molecule has 3 fully saturated rings. The molecule has 3 aromatic rings. The Labute approximate surface area is 289 Å². The number of aromatic nitrogens is 4. The number of rotatable bonds is 8. The SMILES string of the molecule is CCC1C[C@H](N(Cc2cc(C(F)(F)F)cc(C(F)(F)F)c2)c2ncc(N3CCN(C)C3=O)cn2)CN1c1nc(N2CCC(O)CC2)ncc1Cl. The van der Waals surface area contributed by atoms with Crippen LogP contribution in [-0.4, -0.2) is 93.9 Å². The number of anilines is 4. The van der Waals surface area contributed by atoms with Crippen LogP contribution >= 0.6 is 11.6 Å². The second-order valence-electron chi connectivity index (χ2n) is 12.8. The highest BCUT2D eigenvalue weighted by Crippen LogP contribution is 2.39. The minimum atomic E-state index is -5.01. The summed E-state index contributed by atoms with van der Waals surface area (Å²) in [5, 5.41) is 10.2. The van der Waals surface area contributed by atoms with E-state index in [1.807, 2.05) is 16.7 Å². The van der Waals surface area contributed by atoms with Gasteiger partial charge in [0.25, 0.3) is 0 Å². The van der Waals surface area contributed by atoms with Crippen molar-refractivity contribution in [3.05, 3.63) is 58.5 Å². The van der Waals surface area contributed by atoms with E-state index in [9.17, 15) is 36.2 Å². The molecule has 0 bridgehead atoms. The molecular formula is C32H36ClF6N9O2. The van der Waals surface area contributed by atoms with Crippen molar-refractivity contribution < 1.29 is 36.2 Å². The summed E-state index contributed by atoms with van der Waals surface area (Å²) in [6.07, 6.45) is -3.89. The van der Waals surface area contributed by atoms with Crippen molar-refractivity contribution in [1.29, 1.82) is 0 Å². The Hall–Kier alpha value is -4.12. The van der Waals surface area contributed by atoms with Gasteiger partial charge in [-0.25, -0.2) is 19.7 Å². The summed E-state index contributed by atoms with van der Waals surface area (Å²) >= 11 is 6.64. The molecule has 1 aromatic carbocycles. The molecule has 0 aliphatic carbocycles. The van der Waals surface area contributed by atoms with Gasteiger partial charge in [0, 0.05) is 52.4 Å². The Morgan fingerprint density at radius 2 is 1.58 bits per heavy atom. The standard InChI is InChI=1S/C32H36ClF6N9O2/c1-3-22-13-23(18-47(22)27-26(33)16-42-29(43-27)45-6-4-25(49)5-7-45)48(28-40-14-24(15-41-28)46-9-8-44(2)30(46)50)17-19-10-20(31(34,35)36)12-21(11-19)32(37,38)39/h10-12,14-16,22-23,25,49H,3-9,13,17-18H2,1-2H3/t22?,23-/m0/s1. The molecule has 0 radical (unpaired) electrons. The first-order valence-electron chi connectivity index (χ1n) is 16.2. The van der Waals surface area contributed by atoms with Gasteiger partial charge in [-0.05, 0) is 49.4 Å². The number of urea groups is 1. The van der Waals surface area contributed by atoms with Gasteiger partial charge in [0.05, 0.1) is 47.6 Å². The van der Waals surface area contributed by atoms with Crippen LogP contribution in [0.2, 0.25) is 5.02 Å². The van der Waals surface area contributed by atoms with Gasteiger partial charge in [-0.2, -0.15) is 31.3 Å². The molecule has 1 N–H and O–H groups in total. The molecule has 1 unspecified atom stereocenters. The van der Waals surface area contributed by atoms with Crippen molar-refractivity contribution in [2.24, 2.45) is 0 Å². The maximum absolute atomic E-state index is 13.8. The first-order chi connectivity index (χ1) is 23.6. The minimum Gasteiger partial charge on any atom is -0.393 e. The summed E-state index contributed by atoms with van der Waals surface area (Å²) in [5.41, 5.74) is -2.65. The van der Waals surface area contributed by atoms with Crippen LogP contribution < -0.4 is 19.6 Å². The maximum Gasteiger partial charge on any atom is 0.416 e. The lowest BCUT2D eigenvalue weighted by atomic mass is 10.0. The van der Waals surface area contributed by atoms with Crippen LogP contribution in [0.25, 0.3) is 0 Å². The summed E-state index contributed by atoms with van der Waals surface area (Å²) in [4.78, 5) is 39.3. The van der Waals surface area contributed by atoms with E-state index in [2.05, 4.69) is 15.0 Å². The highest BCUT2D eigenvalue weighted by molar-refractivity contribution is 6.32. The Kier molecular flexibility index (Phi) is 9.92. The Balaban J connectivity index is 1.36. The van der Waals surface area contributed by atoms with Gasteiger partial charge < -0.3 is 24.7 Å². The quantitative estimate of drug-likeness (QED) is 0.286. The molecule has 11 nitrogen and oxygen atoms in total. The monoisotopic (exact) mass is 727 g/mol. The average Bonchev–Trinajstić information content (AvgIpc) is 3.66. The van der Waals surface area contributed by atoms with Gasteiger partial charge in [0.2, 0.25) is 11.9 Å². The number of hydrogen-bond acceptors (Lipinski definition) is 9. The number of nitrogens with zero attached hydrogens (tertiary/aromatic N) is 9. The molecule has 0 spiro atoms. The van der Waals surface area contributed by atoms with Crippen LogP contribution in [0.15, 0.2) is 36.8 Å². The number of hydrogen-bond donors (Lipinski definition) is 1. The smallest absolute Gasteiger partial charge is 0.393 e. The van der Waals surface area contributed by atoms with Crippen LogP contribution in [0.3, 0.4) is 0 Å². The number of alkyl halides is 6. The zero-order valence-corrected chi connectivity index (χ0v) is 28.0. The third kappa shape index (κ3) is 7.48. The fraction of sp³-hybridized carbons (Fsp3) is 0.531. The van der Waals surface area contributed by atoms with Crippen molar-refractivity contribution in [2.75, 3.05) is 59.4 Å². The van der Waals surface area contributed by atoms with Crippen LogP contribution in [0.4, 0.5) is 54.5 Å². The van der Waals surface area contributed by atoms with E-state index in [4.69, 9.17) is 16.6 Å². The van der Waals surface area contributed by atoms with Crippen LogP contribution in [0.1, 0.15) is 49.3 Å². The lowest BCUT2D eigenvalue weighted by molar-refractivity contribution is -0.143. The number of aliphatic hydroxyl groups is 1. The number of carbonyl (C=O) groups excluding carboxylic acids is 1. The van der Waals surface area contributed by atoms with E-state index in [0.717, 1.165) is 0 Å². The average molecular weight is 728 g/mol. The predicted octanol–water partition coefficient (Wildman–Crippen LogP) is 5.85. The minimum absolute atomic E-state index is 0.0720. The molecule has 270 valence electrons. The van der Waals surface area contributed by atoms with Gasteiger partial charge in [0.1, 0.15) is 5.02 Å². The first kappa shape index (κ1) is 35.7. The Bertz CT molecular complexity index is 1660. The fourth-order valence-corrected chi connectivity index (χ4v) is 6.89.